The van der Waals surface area contributed by atoms with Gasteiger partial charge in [-0.1, -0.05) is 50.1 Å². The van der Waals surface area contributed by atoms with Gasteiger partial charge < -0.3 is 0 Å². The van der Waals surface area contributed by atoms with Crippen LogP contribution in [0.1, 0.15) is 49.1 Å². The monoisotopic (exact) mass is 232 g/mol. The molecule has 0 radical (unpaired) electrons. The van der Waals surface area contributed by atoms with Gasteiger partial charge in [0.2, 0.25) is 0 Å². The zero-order chi connectivity index (χ0) is 11.4. The van der Waals surface area contributed by atoms with Crippen molar-refractivity contribution >= 4 is 16.7 Å². The molecule has 1 aliphatic rings. The SMILES string of the molecule is C=C(SC)c1ccc(C2CCCCC2)cc1. The van der Waals surface area contributed by atoms with Gasteiger partial charge in [0.15, 0.2) is 0 Å². The van der Waals surface area contributed by atoms with Crippen LogP contribution in [0.5, 0.6) is 0 Å². The molecule has 1 aromatic rings. The zero-order valence-corrected chi connectivity index (χ0v) is 10.9. The van der Waals surface area contributed by atoms with Crippen LogP contribution in [0.4, 0.5) is 0 Å². The predicted octanol–water partition coefficient (Wildman–Crippen LogP) is 5.07. The van der Waals surface area contributed by atoms with E-state index in [1.165, 1.54) is 43.2 Å². The molecule has 1 aromatic carbocycles. The topological polar surface area (TPSA) is 0 Å². The van der Waals surface area contributed by atoms with E-state index in [4.69, 9.17) is 0 Å². The van der Waals surface area contributed by atoms with Gasteiger partial charge >= 0.3 is 0 Å². The highest BCUT2D eigenvalue weighted by atomic mass is 32.2. The first-order valence-electron chi connectivity index (χ1n) is 6.14. The minimum absolute atomic E-state index is 0.811. The number of hydrogen-bond donors (Lipinski definition) is 0. The molecule has 0 heterocycles. The molecule has 0 N–H and O–H groups in total. The van der Waals surface area contributed by atoms with Gasteiger partial charge in [-0.05, 0) is 36.1 Å². The molecule has 0 aliphatic heterocycles. The Morgan fingerprint density at radius 1 is 1.12 bits per heavy atom. The summed E-state index contributed by atoms with van der Waals surface area (Å²) in [5.74, 6) is 0.811. The Morgan fingerprint density at radius 2 is 1.75 bits per heavy atom. The van der Waals surface area contributed by atoms with Crippen LogP contribution < -0.4 is 0 Å². The third-order valence-electron chi connectivity index (χ3n) is 3.56. The summed E-state index contributed by atoms with van der Waals surface area (Å²) in [5, 5.41) is 0. The van der Waals surface area contributed by atoms with Crippen molar-refractivity contribution in [2.75, 3.05) is 6.26 Å². The molecule has 1 heteroatoms. The first-order valence-corrected chi connectivity index (χ1v) is 7.37. The summed E-state index contributed by atoms with van der Waals surface area (Å²) < 4.78 is 0. The van der Waals surface area contributed by atoms with Crippen molar-refractivity contribution in [1.82, 2.24) is 0 Å². The van der Waals surface area contributed by atoms with E-state index >= 15 is 0 Å². The summed E-state index contributed by atoms with van der Waals surface area (Å²) >= 11 is 1.72. The summed E-state index contributed by atoms with van der Waals surface area (Å²) in [5.41, 5.74) is 2.80. The second-order valence-corrected chi connectivity index (χ2v) is 5.49. The van der Waals surface area contributed by atoms with Crippen molar-refractivity contribution in [1.29, 1.82) is 0 Å². The molecule has 0 aromatic heterocycles. The van der Waals surface area contributed by atoms with Crippen molar-refractivity contribution in [3.8, 4) is 0 Å². The van der Waals surface area contributed by atoms with E-state index in [0.29, 0.717) is 0 Å². The molecule has 0 amide bonds. The van der Waals surface area contributed by atoms with Crippen molar-refractivity contribution in [3.63, 3.8) is 0 Å². The average molecular weight is 232 g/mol. The van der Waals surface area contributed by atoms with Gasteiger partial charge in [0, 0.05) is 4.91 Å². The molecule has 1 aliphatic carbocycles. The van der Waals surface area contributed by atoms with Crippen LogP contribution in [-0.4, -0.2) is 6.26 Å². The lowest BCUT2D eigenvalue weighted by Gasteiger charge is -2.22. The molecule has 86 valence electrons. The van der Waals surface area contributed by atoms with Crippen LogP contribution >= 0.6 is 11.8 Å². The highest BCUT2D eigenvalue weighted by Crippen LogP contribution is 2.33. The molecule has 0 unspecified atom stereocenters. The maximum atomic E-state index is 4.05. The minimum atomic E-state index is 0.811. The molecule has 0 spiro atoms. The van der Waals surface area contributed by atoms with E-state index in [1.54, 1.807) is 11.8 Å². The standard InChI is InChI=1S/C15H20S/c1-12(16-2)13-8-10-15(11-9-13)14-6-4-3-5-7-14/h8-11,14H,1,3-7H2,2H3. The molecule has 0 saturated heterocycles. The lowest BCUT2D eigenvalue weighted by Crippen LogP contribution is -2.04. The molecule has 1 fully saturated rings. The van der Waals surface area contributed by atoms with E-state index in [9.17, 15) is 0 Å². The Kier molecular flexibility index (Phi) is 4.11. The predicted molar refractivity (Wildman–Crippen MR) is 74.8 cm³/mol. The maximum absolute atomic E-state index is 4.05. The second-order valence-electron chi connectivity index (χ2n) is 4.58. The summed E-state index contributed by atoms with van der Waals surface area (Å²) in [6.07, 6.45) is 9.08. The van der Waals surface area contributed by atoms with Crippen LogP contribution in [0.25, 0.3) is 4.91 Å². The van der Waals surface area contributed by atoms with Crippen molar-refractivity contribution in [2.45, 2.75) is 38.0 Å². The van der Waals surface area contributed by atoms with Crippen LogP contribution in [-0.2, 0) is 0 Å². The fourth-order valence-corrected chi connectivity index (χ4v) is 2.87. The molecule has 1 saturated carbocycles. The summed E-state index contributed by atoms with van der Waals surface area (Å²) in [6.45, 7) is 4.05. The smallest absolute Gasteiger partial charge is 0.00697 e. The third-order valence-corrected chi connectivity index (χ3v) is 4.28. The van der Waals surface area contributed by atoms with Crippen molar-refractivity contribution in [2.24, 2.45) is 0 Å². The lowest BCUT2D eigenvalue weighted by atomic mass is 9.84. The van der Waals surface area contributed by atoms with Gasteiger partial charge in [-0.3, -0.25) is 0 Å². The number of benzene rings is 1. The van der Waals surface area contributed by atoms with E-state index < -0.39 is 0 Å². The average Bonchev–Trinajstić information content (AvgIpc) is 2.39. The van der Waals surface area contributed by atoms with Gasteiger partial charge in [-0.2, -0.15) is 0 Å². The molecular formula is C15H20S. The van der Waals surface area contributed by atoms with Crippen LogP contribution in [0.2, 0.25) is 0 Å². The van der Waals surface area contributed by atoms with Crippen molar-refractivity contribution in [3.05, 3.63) is 42.0 Å². The van der Waals surface area contributed by atoms with Gasteiger partial charge in [0.05, 0.1) is 0 Å². The molecule has 0 bridgehead atoms. The summed E-state index contributed by atoms with van der Waals surface area (Å²) in [4.78, 5) is 1.16. The number of thioether (sulfide) groups is 1. The van der Waals surface area contributed by atoms with E-state index in [2.05, 4.69) is 37.1 Å². The molecular weight excluding hydrogens is 212 g/mol. The Labute approximate surface area is 103 Å². The Morgan fingerprint density at radius 3 is 2.31 bits per heavy atom. The van der Waals surface area contributed by atoms with Gasteiger partial charge in [0.25, 0.3) is 0 Å². The first-order chi connectivity index (χ1) is 7.81. The zero-order valence-electron chi connectivity index (χ0n) is 10.0. The largest absolute Gasteiger partial charge is 0.130 e. The Bertz CT molecular complexity index is 344. The molecule has 0 atom stereocenters. The highest BCUT2D eigenvalue weighted by molar-refractivity contribution is 8.07. The maximum Gasteiger partial charge on any atom is 0.00697 e. The molecule has 2 rings (SSSR count). The molecule has 0 nitrogen and oxygen atoms in total. The van der Waals surface area contributed by atoms with E-state index in [1.807, 2.05) is 0 Å². The van der Waals surface area contributed by atoms with E-state index in [0.717, 1.165) is 10.8 Å². The van der Waals surface area contributed by atoms with Gasteiger partial charge in [-0.15, -0.1) is 11.8 Å². The Hall–Kier alpha value is -0.690. The Balaban J connectivity index is 2.09. The summed E-state index contributed by atoms with van der Waals surface area (Å²) in [7, 11) is 0. The quantitative estimate of drug-likeness (QED) is 0.701. The third kappa shape index (κ3) is 2.70. The highest BCUT2D eigenvalue weighted by Gasteiger charge is 2.15. The fourth-order valence-electron chi connectivity index (χ4n) is 2.49. The normalized spacial score (nSPS) is 17.3. The van der Waals surface area contributed by atoms with Gasteiger partial charge in [-0.25, -0.2) is 0 Å². The van der Waals surface area contributed by atoms with Crippen LogP contribution in [0.3, 0.4) is 0 Å². The van der Waals surface area contributed by atoms with Gasteiger partial charge in [0.1, 0.15) is 0 Å². The van der Waals surface area contributed by atoms with Crippen LogP contribution in [0.15, 0.2) is 30.8 Å². The molecule has 16 heavy (non-hydrogen) atoms. The first kappa shape index (κ1) is 11.8. The fraction of sp³-hybridized carbons (Fsp3) is 0.467. The summed E-state index contributed by atoms with van der Waals surface area (Å²) in [6, 6.07) is 9.05. The van der Waals surface area contributed by atoms with Crippen LogP contribution in [0, 0.1) is 0 Å². The lowest BCUT2D eigenvalue weighted by molar-refractivity contribution is 0.443. The minimum Gasteiger partial charge on any atom is -0.130 e. The van der Waals surface area contributed by atoms with E-state index in [-0.39, 0.29) is 0 Å². The second kappa shape index (κ2) is 5.58. The number of hydrogen-bond acceptors (Lipinski definition) is 1. The van der Waals surface area contributed by atoms with Crippen molar-refractivity contribution < 1.29 is 0 Å². The number of rotatable bonds is 3.